The molecule has 1 saturated heterocycles. The summed E-state index contributed by atoms with van der Waals surface area (Å²) in [5, 5.41) is 4.76. The minimum atomic E-state index is 0.451. The summed E-state index contributed by atoms with van der Waals surface area (Å²) in [4.78, 5) is 9.50. The fourth-order valence-electron chi connectivity index (χ4n) is 4.07. The Balaban J connectivity index is 1.50. The van der Waals surface area contributed by atoms with E-state index in [2.05, 4.69) is 65.9 Å². The van der Waals surface area contributed by atoms with Gasteiger partial charge in [0.25, 0.3) is 0 Å². The summed E-state index contributed by atoms with van der Waals surface area (Å²) in [6, 6.07) is 17.2. The van der Waals surface area contributed by atoms with E-state index in [1.54, 1.807) is 0 Å². The van der Waals surface area contributed by atoms with Crippen molar-refractivity contribution in [2.24, 2.45) is 0 Å². The molecule has 0 radical (unpaired) electrons. The highest BCUT2D eigenvalue weighted by atomic mass is 15.4. The van der Waals surface area contributed by atoms with Gasteiger partial charge in [0.15, 0.2) is 5.82 Å². The van der Waals surface area contributed by atoms with Crippen molar-refractivity contribution in [3.05, 3.63) is 71.7 Å². The molecule has 1 aliphatic rings. The summed E-state index contributed by atoms with van der Waals surface area (Å²) >= 11 is 0. The lowest BCUT2D eigenvalue weighted by atomic mass is 10.1. The lowest BCUT2D eigenvalue weighted by Gasteiger charge is -2.39. The first-order valence-corrected chi connectivity index (χ1v) is 9.66. The number of piperazine rings is 1. The summed E-state index contributed by atoms with van der Waals surface area (Å²) in [6.07, 6.45) is 1.81. The molecule has 0 N–H and O–H groups in total. The van der Waals surface area contributed by atoms with Crippen LogP contribution in [0.3, 0.4) is 0 Å². The molecule has 1 aromatic carbocycles. The van der Waals surface area contributed by atoms with Crippen LogP contribution in [0.2, 0.25) is 0 Å². The Morgan fingerprint density at radius 3 is 2.26 bits per heavy atom. The Bertz CT molecular complexity index is 880. The van der Waals surface area contributed by atoms with Gasteiger partial charge in [0, 0.05) is 38.4 Å². The smallest absolute Gasteiger partial charge is 0.153 e. The molecule has 1 atom stereocenters. The summed E-state index contributed by atoms with van der Waals surface area (Å²) in [5.74, 6) is 0.876. The van der Waals surface area contributed by atoms with E-state index in [1.807, 2.05) is 29.1 Å². The molecule has 0 amide bonds. The van der Waals surface area contributed by atoms with E-state index in [0.717, 1.165) is 43.4 Å². The van der Waals surface area contributed by atoms with Gasteiger partial charge in [-0.2, -0.15) is 5.10 Å². The molecule has 5 nitrogen and oxygen atoms in total. The van der Waals surface area contributed by atoms with Crippen LogP contribution in [0.15, 0.2) is 54.7 Å². The standard InChI is InChI=1S/C22H27N5/c1-17-22(19(3)27(24-17)21-11-7-8-12-23-21)26-15-13-25(14-16-26)18(2)20-9-5-4-6-10-20/h4-12,18H,13-16H2,1-3H3. The number of rotatable bonds is 4. The number of aromatic nitrogens is 3. The molecule has 0 saturated carbocycles. The van der Waals surface area contributed by atoms with Crippen molar-refractivity contribution in [1.29, 1.82) is 0 Å². The van der Waals surface area contributed by atoms with Gasteiger partial charge in [-0.15, -0.1) is 0 Å². The van der Waals surface area contributed by atoms with E-state index in [4.69, 9.17) is 5.10 Å². The first kappa shape index (κ1) is 17.7. The monoisotopic (exact) mass is 361 g/mol. The molecule has 4 rings (SSSR count). The highest BCUT2D eigenvalue weighted by Gasteiger charge is 2.26. The van der Waals surface area contributed by atoms with Gasteiger partial charge in [-0.05, 0) is 38.5 Å². The molecule has 1 unspecified atom stereocenters. The first-order valence-electron chi connectivity index (χ1n) is 9.66. The number of anilines is 1. The van der Waals surface area contributed by atoms with Crippen LogP contribution in [0.1, 0.15) is 29.9 Å². The quantitative estimate of drug-likeness (QED) is 0.709. The van der Waals surface area contributed by atoms with Crippen LogP contribution in [0, 0.1) is 13.8 Å². The zero-order valence-corrected chi connectivity index (χ0v) is 16.3. The highest BCUT2D eigenvalue weighted by molar-refractivity contribution is 5.56. The van der Waals surface area contributed by atoms with Crippen LogP contribution in [0.4, 0.5) is 5.69 Å². The number of hydrogen-bond donors (Lipinski definition) is 0. The fourth-order valence-corrected chi connectivity index (χ4v) is 4.07. The summed E-state index contributed by atoms with van der Waals surface area (Å²) in [6.45, 7) is 10.7. The van der Waals surface area contributed by atoms with Gasteiger partial charge < -0.3 is 4.90 Å². The number of aryl methyl sites for hydroxylation is 1. The van der Waals surface area contributed by atoms with Gasteiger partial charge in [-0.25, -0.2) is 9.67 Å². The topological polar surface area (TPSA) is 37.2 Å². The molecular formula is C22H27N5. The van der Waals surface area contributed by atoms with Gasteiger partial charge in [0.05, 0.1) is 17.1 Å². The second-order valence-corrected chi connectivity index (χ2v) is 7.23. The van der Waals surface area contributed by atoms with E-state index in [0.29, 0.717) is 6.04 Å². The molecule has 2 aromatic heterocycles. The third kappa shape index (κ3) is 3.47. The van der Waals surface area contributed by atoms with Crippen molar-refractivity contribution in [1.82, 2.24) is 19.7 Å². The average molecular weight is 361 g/mol. The van der Waals surface area contributed by atoms with E-state index in [1.165, 1.54) is 11.3 Å². The van der Waals surface area contributed by atoms with E-state index in [9.17, 15) is 0 Å². The highest BCUT2D eigenvalue weighted by Crippen LogP contribution is 2.29. The minimum absolute atomic E-state index is 0.451. The molecule has 140 valence electrons. The third-order valence-corrected chi connectivity index (χ3v) is 5.58. The number of nitrogens with zero attached hydrogens (tertiary/aromatic N) is 5. The predicted octanol–water partition coefficient (Wildman–Crippen LogP) is 3.77. The molecule has 3 aromatic rings. The zero-order chi connectivity index (χ0) is 18.8. The van der Waals surface area contributed by atoms with Gasteiger partial charge >= 0.3 is 0 Å². The lowest BCUT2D eigenvalue weighted by molar-refractivity contribution is 0.198. The SMILES string of the molecule is Cc1nn(-c2ccccn2)c(C)c1N1CCN(C(C)c2ccccc2)CC1. The Morgan fingerprint density at radius 1 is 0.889 bits per heavy atom. The van der Waals surface area contributed by atoms with Gasteiger partial charge in [-0.3, -0.25) is 4.90 Å². The molecule has 27 heavy (non-hydrogen) atoms. The Labute approximate surface area is 161 Å². The second-order valence-electron chi connectivity index (χ2n) is 7.23. The molecule has 5 heteroatoms. The van der Waals surface area contributed by atoms with Gasteiger partial charge in [0.1, 0.15) is 0 Å². The molecule has 0 aliphatic carbocycles. The van der Waals surface area contributed by atoms with Crippen LogP contribution >= 0.6 is 0 Å². The van der Waals surface area contributed by atoms with E-state index in [-0.39, 0.29) is 0 Å². The van der Waals surface area contributed by atoms with Crippen molar-refractivity contribution in [3.8, 4) is 5.82 Å². The Morgan fingerprint density at radius 2 is 1.59 bits per heavy atom. The van der Waals surface area contributed by atoms with Crippen molar-refractivity contribution >= 4 is 5.69 Å². The van der Waals surface area contributed by atoms with E-state index >= 15 is 0 Å². The summed E-state index contributed by atoms with van der Waals surface area (Å²) in [7, 11) is 0. The molecular weight excluding hydrogens is 334 g/mol. The lowest BCUT2D eigenvalue weighted by Crippen LogP contribution is -2.47. The first-order chi connectivity index (χ1) is 13.1. The normalized spacial score (nSPS) is 16.5. The number of pyridine rings is 1. The maximum absolute atomic E-state index is 4.76. The van der Waals surface area contributed by atoms with Crippen molar-refractivity contribution < 1.29 is 0 Å². The fraction of sp³-hybridized carbons (Fsp3) is 0.364. The van der Waals surface area contributed by atoms with Crippen LogP contribution in [0.25, 0.3) is 5.82 Å². The molecule has 3 heterocycles. The zero-order valence-electron chi connectivity index (χ0n) is 16.3. The largest absolute Gasteiger partial charge is 0.366 e. The third-order valence-electron chi connectivity index (χ3n) is 5.58. The summed E-state index contributed by atoms with van der Waals surface area (Å²) in [5.41, 5.74) is 4.88. The van der Waals surface area contributed by atoms with Crippen LogP contribution in [-0.4, -0.2) is 45.8 Å². The van der Waals surface area contributed by atoms with E-state index < -0.39 is 0 Å². The molecule has 1 aliphatic heterocycles. The maximum Gasteiger partial charge on any atom is 0.153 e. The average Bonchev–Trinajstić information content (AvgIpc) is 3.03. The van der Waals surface area contributed by atoms with Crippen LogP contribution in [0.5, 0.6) is 0 Å². The second kappa shape index (κ2) is 7.53. The van der Waals surface area contributed by atoms with Crippen molar-refractivity contribution in [2.45, 2.75) is 26.8 Å². The predicted molar refractivity (Wildman–Crippen MR) is 109 cm³/mol. The van der Waals surface area contributed by atoms with Crippen LogP contribution < -0.4 is 4.90 Å². The summed E-state index contributed by atoms with van der Waals surface area (Å²) < 4.78 is 1.96. The molecule has 0 bridgehead atoms. The van der Waals surface area contributed by atoms with Crippen molar-refractivity contribution in [2.75, 3.05) is 31.1 Å². The number of benzene rings is 1. The van der Waals surface area contributed by atoms with Gasteiger partial charge in [0.2, 0.25) is 0 Å². The molecule has 1 fully saturated rings. The Kier molecular flexibility index (Phi) is 4.94. The van der Waals surface area contributed by atoms with Crippen molar-refractivity contribution in [3.63, 3.8) is 0 Å². The molecule has 0 spiro atoms. The van der Waals surface area contributed by atoms with Gasteiger partial charge in [-0.1, -0.05) is 36.4 Å². The minimum Gasteiger partial charge on any atom is -0.366 e. The Hall–Kier alpha value is -2.66. The van der Waals surface area contributed by atoms with Crippen LogP contribution in [-0.2, 0) is 0 Å². The maximum atomic E-state index is 4.76. The number of hydrogen-bond acceptors (Lipinski definition) is 4.